The molecule has 298 valence electrons. The van der Waals surface area contributed by atoms with Gasteiger partial charge in [0.05, 0.1) is 12.7 Å². The summed E-state index contributed by atoms with van der Waals surface area (Å²) in [5.41, 5.74) is -1.51. The Kier molecular flexibility index (Phi) is 12.1. The van der Waals surface area contributed by atoms with Crippen molar-refractivity contribution in [2.24, 2.45) is 0 Å². The van der Waals surface area contributed by atoms with Crippen molar-refractivity contribution in [2.45, 2.75) is 96.0 Å². The molecule has 0 bridgehead atoms. The van der Waals surface area contributed by atoms with Gasteiger partial charge in [0.15, 0.2) is 54.1 Å². The van der Waals surface area contributed by atoms with Gasteiger partial charge in [0, 0.05) is 45.4 Å². The zero-order valence-electron chi connectivity index (χ0n) is 29.8. The van der Waals surface area contributed by atoms with Crippen molar-refractivity contribution in [3.05, 3.63) is 40.6 Å². The summed E-state index contributed by atoms with van der Waals surface area (Å²) in [6, 6.07) is 5.12. The Morgan fingerprint density at radius 2 is 1.29 bits per heavy atom. The lowest BCUT2D eigenvalue weighted by Gasteiger charge is -2.45. The number of ether oxygens (including phenoxy) is 8. The molecule has 0 unspecified atom stereocenters. The second-order valence-corrected chi connectivity index (χ2v) is 12.6. The average molecular weight is 779 g/mol. The van der Waals surface area contributed by atoms with Crippen LogP contribution >= 0.6 is 0 Å². The Bertz CT molecular complexity index is 2010. The second-order valence-electron chi connectivity index (χ2n) is 12.6. The molecule has 20 heteroatoms. The van der Waals surface area contributed by atoms with Crippen LogP contribution in [0.1, 0.15) is 34.6 Å². The van der Waals surface area contributed by atoms with Crippen molar-refractivity contribution in [3.63, 3.8) is 0 Å². The topological polar surface area (TPSA) is 294 Å². The molecule has 2 fully saturated rings. The molecule has 2 aliphatic rings. The first kappa shape index (κ1) is 40.5. The van der Waals surface area contributed by atoms with Gasteiger partial charge >= 0.3 is 23.9 Å². The van der Waals surface area contributed by atoms with E-state index in [1.165, 1.54) is 13.0 Å². The van der Waals surface area contributed by atoms with Crippen molar-refractivity contribution < 1.29 is 92.1 Å². The minimum absolute atomic E-state index is 0.0858. The number of rotatable bonds is 10. The smallest absolute Gasteiger partial charge is 0.303 e. The molecule has 3 aromatic rings. The Labute approximate surface area is 310 Å². The third-order valence-electron chi connectivity index (χ3n) is 8.39. The number of benzene rings is 2. The van der Waals surface area contributed by atoms with Crippen LogP contribution in [0.15, 0.2) is 39.5 Å². The predicted molar refractivity (Wildman–Crippen MR) is 178 cm³/mol. The van der Waals surface area contributed by atoms with Gasteiger partial charge in [0.25, 0.3) is 0 Å². The summed E-state index contributed by atoms with van der Waals surface area (Å²) in [7, 11) is 0. The van der Waals surface area contributed by atoms with E-state index in [4.69, 9.17) is 42.3 Å². The monoisotopic (exact) mass is 778 g/mol. The molecule has 55 heavy (non-hydrogen) atoms. The number of esters is 4. The summed E-state index contributed by atoms with van der Waals surface area (Å²) < 4.78 is 50.5. The Balaban J connectivity index is 1.56. The number of aromatic hydroxyl groups is 4. The summed E-state index contributed by atoms with van der Waals surface area (Å²) >= 11 is 0. The molecule has 2 aliphatic heterocycles. The highest BCUT2D eigenvalue weighted by atomic mass is 16.7. The predicted octanol–water partition coefficient (Wildman–Crippen LogP) is 0.596. The maximum atomic E-state index is 14.0. The molecule has 6 N–H and O–H groups in total. The summed E-state index contributed by atoms with van der Waals surface area (Å²) in [5, 5.41) is 62.8. The third-order valence-corrected chi connectivity index (χ3v) is 8.39. The molecule has 5 rings (SSSR count). The number of hydrogen-bond donors (Lipinski definition) is 6. The highest BCUT2D eigenvalue weighted by molar-refractivity contribution is 5.88. The second kappa shape index (κ2) is 16.4. The number of carbonyl (C=O) groups is 4. The molecule has 0 saturated carbocycles. The maximum Gasteiger partial charge on any atom is 0.303 e. The highest BCUT2D eigenvalue weighted by Crippen LogP contribution is 2.40. The van der Waals surface area contributed by atoms with Crippen LogP contribution < -0.4 is 10.2 Å². The first-order valence-corrected chi connectivity index (χ1v) is 16.6. The molecule has 0 spiro atoms. The van der Waals surface area contributed by atoms with E-state index in [0.29, 0.717) is 0 Å². The van der Waals surface area contributed by atoms with Crippen LogP contribution in [-0.2, 0) is 52.3 Å². The molecular weight excluding hydrogens is 740 g/mol. The van der Waals surface area contributed by atoms with Crippen molar-refractivity contribution >= 4 is 34.8 Å². The van der Waals surface area contributed by atoms with E-state index in [0.717, 1.165) is 52.0 Å². The van der Waals surface area contributed by atoms with E-state index < -0.39 is 137 Å². The van der Waals surface area contributed by atoms with Gasteiger partial charge in [-0.15, -0.1) is 0 Å². The summed E-state index contributed by atoms with van der Waals surface area (Å²) in [4.78, 5) is 62.2. The van der Waals surface area contributed by atoms with E-state index in [-0.39, 0.29) is 11.1 Å². The quantitative estimate of drug-likeness (QED) is 0.0933. The normalized spacial score (nSPS) is 27.8. The molecule has 2 saturated heterocycles. The minimum atomic E-state index is -2.04. The van der Waals surface area contributed by atoms with E-state index >= 15 is 0 Å². The Morgan fingerprint density at radius 1 is 0.691 bits per heavy atom. The summed E-state index contributed by atoms with van der Waals surface area (Å²) in [5.74, 6) is -7.15. The van der Waals surface area contributed by atoms with Crippen LogP contribution in [-0.4, -0.2) is 123 Å². The lowest BCUT2D eigenvalue weighted by molar-refractivity contribution is -0.322. The fourth-order valence-electron chi connectivity index (χ4n) is 6.12. The highest BCUT2D eigenvalue weighted by Gasteiger charge is 2.53. The number of phenols is 4. The first-order valence-electron chi connectivity index (χ1n) is 16.6. The van der Waals surface area contributed by atoms with Gasteiger partial charge in [-0.3, -0.25) is 24.0 Å². The van der Waals surface area contributed by atoms with Crippen LogP contribution in [0.2, 0.25) is 0 Å². The van der Waals surface area contributed by atoms with Gasteiger partial charge in [-0.2, -0.15) is 0 Å². The molecule has 3 heterocycles. The fraction of sp³-hybridized carbons (Fsp3) is 0.457. The van der Waals surface area contributed by atoms with E-state index in [1.807, 2.05) is 0 Å². The standard InChI is InChI=1S/C35H38O20/c1-12-28(49-13(2)36)26(45)33(52-16(5)39)35(48-12)47-11-23-30(50-14(3)37)32(51-15(4)38)27(46)34(54-23)55-31-25(44)24-21(43)9-18(40)10-22(24)53-29(31)17-6-7-19(41)20(42)8-17/h6-10,12,23,26-28,30,32-35,40-43,45-46H,11H2,1-5H3/t12-,23+,26+,27+,28-,30-,32+,33+,34-,35+/m0/s1. The van der Waals surface area contributed by atoms with Crippen LogP contribution in [0, 0.1) is 0 Å². The number of fused-ring (bicyclic) bond motifs is 1. The number of aliphatic hydroxyl groups excluding tert-OH is 2. The molecular formula is C35H38O20. The van der Waals surface area contributed by atoms with Crippen molar-refractivity contribution in [1.82, 2.24) is 0 Å². The van der Waals surface area contributed by atoms with E-state index in [2.05, 4.69) is 0 Å². The molecule has 0 radical (unpaired) electrons. The van der Waals surface area contributed by atoms with Gasteiger partial charge in [-0.25, -0.2) is 0 Å². The van der Waals surface area contributed by atoms with Crippen molar-refractivity contribution in [1.29, 1.82) is 0 Å². The fourth-order valence-corrected chi connectivity index (χ4v) is 6.12. The molecule has 20 nitrogen and oxygen atoms in total. The van der Waals surface area contributed by atoms with Crippen molar-refractivity contribution in [2.75, 3.05) is 6.61 Å². The van der Waals surface area contributed by atoms with Crippen LogP contribution in [0.4, 0.5) is 0 Å². The zero-order chi connectivity index (χ0) is 40.5. The molecule has 0 aliphatic carbocycles. The molecule has 1 aromatic heterocycles. The third kappa shape index (κ3) is 8.84. The summed E-state index contributed by atoms with van der Waals surface area (Å²) in [6.45, 7) is 4.87. The van der Waals surface area contributed by atoms with Gasteiger partial charge in [-0.05, 0) is 25.1 Å². The van der Waals surface area contributed by atoms with Gasteiger partial charge < -0.3 is 73.0 Å². The number of aliphatic hydroxyl groups is 2. The lowest BCUT2D eigenvalue weighted by Crippen LogP contribution is -2.64. The van der Waals surface area contributed by atoms with Gasteiger partial charge in [0.1, 0.15) is 34.7 Å². The first-order chi connectivity index (χ1) is 25.9. The molecule has 2 aromatic carbocycles. The summed E-state index contributed by atoms with van der Waals surface area (Å²) in [6.07, 6.45) is -16.2. The largest absolute Gasteiger partial charge is 0.508 e. The Hall–Kier alpha value is -5.67. The zero-order valence-corrected chi connectivity index (χ0v) is 29.8. The van der Waals surface area contributed by atoms with Crippen LogP contribution in [0.3, 0.4) is 0 Å². The van der Waals surface area contributed by atoms with Crippen LogP contribution in [0.25, 0.3) is 22.3 Å². The number of hydrogen-bond acceptors (Lipinski definition) is 20. The minimum Gasteiger partial charge on any atom is -0.508 e. The van der Waals surface area contributed by atoms with Gasteiger partial charge in [0.2, 0.25) is 17.5 Å². The maximum absolute atomic E-state index is 14.0. The molecule has 10 atom stereocenters. The van der Waals surface area contributed by atoms with E-state index in [1.54, 1.807) is 0 Å². The van der Waals surface area contributed by atoms with E-state index in [9.17, 15) is 54.6 Å². The SMILES string of the molecule is CC(=O)O[C@@H]1[C@@H](O)[C@H](Oc2c(-c3ccc(O)c(O)c3)oc3cc(O)cc(O)c3c2=O)O[C@H](CO[C@@H]2O[C@@H](C)[C@H](OC(C)=O)[C@@H](O)[C@H]2OC(C)=O)[C@@H]1OC(C)=O. The number of phenolic OH excluding ortho intramolecular Hbond substituents is 4. The average Bonchev–Trinajstić information content (AvgIpc) is 3.08. The van der Waals surface area contributed by atoms with Crippen molar-refractivity contribution in [3.8, 4) is 40.1 Å². The van der Waals surface area contributed by atoms with Crippen LogP contribution in [0.5, 0.6) is 28.7 Å². The van der Waals surface area contributed by atoms with Gasteiger partial charge in [-0.1, -0.05) is 0 Å². The molecule has 0 amide bonds. The number of carbonyl (C=O) groups excluding carboxylic acids is 4. The lowest BCUT2D eigenvalue weighted by atomic mass is 9.97. The Morgan fingerprint density at radius 3 is 1.91 bits per heavy atom.